The fourth-order valence-corrected chi connectivity index (χ4v) is 3.93. The quantitative estimate of drug-likeness (QED) is 0.618. The molecule has 3 rings (SSSR count). The van der Waals surface area contributed by atoms with Gasteiger partial charge in [-0.3, -0.25) is 14.5 Å². The lowest BCUT2D eigenvalue weighted by atomic mass is 10.0. The van der Waals surface area contributed by atoms with Crippen molar-refractivity contribution in [3.05, 3.63) is 35.9 Å². The minimum Gasteiger partial charge on any atom is -0.444 e. The first kappa shape index (κ1) is 29.3. The van der Waals surface area contributed by atoms with E-state index in [1.54, 1.807) is 0 Å². The fraction of sp³-hybridized carbons (Fsp3) is 0.720. The van der Waals surface area contributed by atoms with Crippen molar-refractivity contribution in [1.29, 1.82) is 0 Å². The molecule has 1 aromatic rings. The first-order valence-electron chi connectivity index (χ1n) is 11.7. The summed E-state index contributed by atoms with van der Waals surface area (Å²) in [6.45, 7) is 21.8. The van der Waals surface area contributed by atoms with Crippen molar-refractivity contribution < 1.29 is 14.2 Å². The molecule has 0 bridgehead atoms. The smallest absolute Gasteiger partial charge is 0.410 e. The lowest BCUT2D eigenvalue weighted by Crippen LogP contribution is -2.65. The summed E-state index contributed by atoms with van der Waals surface area (Å²) < 4.78 is 5.56. The summed E-state index contributed by atoms with van der Waals surface area (Å²) in [7, 11) is 0. The van der Waals surface area contributed by atoms with Crippen molar-refractivity contribution in [2.24, 2.45) is 0 Å². The van der Waals surface area contributed by atoms with Crippen LogP contribution >= 0.6 is 0 Å². The van der Waals surface area contributed by atoms with Gasteiger partial charge in [0, 0.05) is 51.4 Å². The van der Waals surface area contributed by atoms with Gasteiger partial charge in [0.05, 0.1) is 0 Å². The molecule has 180 valence electrons. The van der Waals surface area contributed by atoms with Gasteiger partial charge in [-0.1, -0.05) is 64.4 Å². The second kappa shape index (κ2) is 14.4. The summed E-state index contributed by atoms with van der Waals surface area (Å²) in [6.07, 6.45) is 1.07. The maximum atomic E-state index is 12.4. The normalized spacial score (nSPS) is 21.4. The Morgan fingerprint density at radius 1 is 1.03 bits per heavy atom. The van der Waals surface area contributed by atoms with Gasteiger partial charge in [0.25, 0.3) is 0 Å². The average molecular weight is 440 g/mol. The number of carbonyl (C=O) groups excluding carboxylic acids is 1. The number of hydrogen-bond donors (Lipinski definition) is 0. The number of fused-ring (bicyclic) bond motifs is 1. The number of carbonyl (C=O) groups is 1. The van der Waals surface area contributed by atoms with Gasteiger partial charge in [-0.15, -0.1) is 0 Å². The molecule has 31 heavy (non-hydrogen) atoms. The number of piperazine rings is 2. The Morgan fingerprint density at radius 3 is 2.16 bits per heavy atom. The standard InChI is InChI=1S/C20H31N3O2.C3H8.C2H6.FH/c1-16-12-21(13-17-8-6-5-7-9-17)14-18-15-22(10-11-23(16)18)19(24)25-20(2,3)4;1-3-2;1-2;/h5-9,16,18H,10-15H2,1-4H3;3H2,1-2H3;1-2H3;1H/t16-,18-;;;/m0.../s1. The molecule has 6 heteroatoms. The molecule has 0 radical (unpaired) electrons. The van der Waals surface area contributed by atoms with Gasteiger partial charge >= 0.3 is 6.09 Å². The van der Waals surface area contributed by atoms with E-state index in [2.05, 4.69) is 60.9 Å². The van der Waals surface area contributed by atoms with Crippen molar-refractivity contribution in [1.82, 2.24) is 14.7 Å². The molecule has 1 amide bonds. The zero-order valence-corrected chi connectivity index (χ0v) is 21.1. The minimum absolute atomic E-state index is 0. The molecule has 2 fully saturated rings. The average Bonchev–Trinajstić information content (AvgIpc) is 2.69. The summed E-state index contributed by atoms with van der Waals surface area (Å²) in [5.41, 5.74) is 0.913. The molecule has 2 saturated heterocycles. The maximum absolute atomic E-state index is 12.4. The van der Waals surface area contributed by atoms with Crippen LogP contribution in [0.4, 0.5) is 9.50 Å². The van der Waals surface area contributed by atoms with E-state index in [0.29, 0.717) is 12.1 Å². The lowest BCUT2D eigenvalue weighted by molar-refractivity contribution is -0.0351. The zero-order valence-electron chi connectivity index (χ0n) is 21.1. The van der Waals surface area contributed by atoms with E-state index in [1.165, 1.54) is 12.0 Å². The molecule has 0 aromatic heterocycles. The summed E-state index contributed by atoms with van der Waals surface area (Å²) in [4.78, 5) is 19.4. The van der Waals surface area contributed by atoms with E-state index >= 15 is 0 Å². The third-order valence-electron chi connectivity index (χ3n) is 4.99. The highest BCUT2D eigenvalue weighted by molar-refractivity contribution is 5.68. The van der Waals surface area contributed by atoms with Gasteiger partial charge in [0.2, 0.25) is 0 Å². The van der Waals surface area contributed by atoms with Crippen LogP contribution in [0.3, 0.4) is 0 Å². The summed E-state index contributed by atoms with van der Waals surface area (Å²) >= 11 is 0. The van der Waals surface area contributed by atoms with Gasteiger partial charge in [-0.05, 0) is 33.3 Å². The summed E-state index contributed by atoms with van der Waals surface area (Å²) in [6, 6.07) is 11.5. The monoisotopic (exact) mass is 439 g/mol. The van der Waals surface area contributed by atoms with Crippen LogP contribution in [0, 0.1) is 0 Å². The van der Waals surface area contributed by atoms with Crippen LogP contribution < -0.4 is 0 Å². The molecule has 5 nitrogen and oxygen atoms in total. The van der Waals surface area contributed by atoms with Crippen LogP contribution in [0.25, 0.3) is 0 Å². The van der Waals surface area contributed by atoms with Crippen molar-refractivity contribution in [3.8, 4) is 0 Å². The van der Waals surface area contributed by atoms with E-state index in [4.69, 9.17) is 4.74 Å². The number of nitrogens with zero attached hydrogens (tertiary/aromatic N) is 3. The maximum Gasteiger partial charge on any atom is 0.410 e. The first-order chi connectivity index (χ1) is 14.2. The molecule has 2 aliphatic rings. The molecule has 0 spiro atoms. The summed E-state index contributed by atoms with van der Waals surface area (Å²) in [5.74, 6) is 0. The van der Waals surface area contributed by atoms with Gasteiger partial charge in [0.1, 0.15) is 5.60 Å². The highest BCUT2D eigenvalue weighted by atomic mass is 19.0. The Balaban J connectivity index is 0.00000138. The van der Waals surface area contributed by atoms with Crippen LogP contribution in [0.1, 0.15) is 67.4 Å². The van der Waals surface area contributed by atoms with Crippen molar-refractivity contribution in [3.63, 3.8) is 0 Å². The highest BCUT2D eigenvalue weighted by Crippen LogP contribution is 2.23. The second-order valence-electron chi connectivity index (χ2n) is 9.05. The van der Waals surface area contributed by atoms with Crippen molar-refractivity contribution >= 4 is 6.09 Å². The molecule has 0 N–H and O–H groups in total. The Morgan fingerprint density at radius 2 is 1.61 bits per heavy atom. The third kappa shape index (κ3) is 10.0. The Labute approximate surface area is 190 Å². The van der Waals surface area contributed by atoms with Gasteiger partial charge in [-0.25, -0.2) is 4.79 Å². The van der Waals surface area contributed by atoms with Gasteiger partial charge in [-0.2, -0.15) is 0 Å². The van der Waals surface area contributed by atoms with E-state index in [0.717, 1.165) is 39.3 Å². The van der Waals surface area contributed by atoms with E-state index in [-0.39, 0.29) is 10.8 Å². The number of ether oxygens (including phenoxy) is 1. The van der Waals surface area contributed by atoms with Crippen LogP contribution in [0.2, 0.25) is 0 Å². The molecule has 2 atom stereocenters. The number of hydrogen-bond acceptors (Lipinski definition) is 4. The number of amides is 1. The van der Waals surface area contributed by atoms with Crippen LogP contribution in [-0.2, 0) is 11.3 Å². The Kier molecular flexibility index (Phi) is 13.6. The van der Waals surface area contributed by atoms with Gasteiger partial charge < -0.3 is 9.64 Å². The Hall–Kier alpha value is -1.66. The largest absolute Gasteiger partial charge is 0.444 e. The third-order valence-corrected chi connectivity index (χ3v) is 4.99. The summed E-state index contributed by atoms with van der Waals surface area (Å²) in [5, 5.41) is 0. The molecular weight excluding hydrogens is 393 g/mol. The molecule has 1 aromatic carbocycles. The van der Waals surface area contributed by atoms with Crippen LogP contribution in [0.5, 0.6) is 0 Å². The van der Waals surface area contributed by atoms with E-state index in [9.17, 15) is 4.79 Å². The Bertz CT molecular complexity index is 607. The molecular formula is C25H46FN3O2. The molecule has 0 unspecified atom stereocenters. The number of halogens is 1. The molecule has 0 aliphatic carbocycles. The number of rotatable bonds is 2. The van der Waals surface area contributed by atoms with E-state index in [1.807, 2.05) is 39.5 Å². The minimum atomic E-state index is -0.437. The predicted octanol–water partition coefficient (Wildman–Crippen LogP) is 5.41. The van der Waals surface area contributed by atoms with Crippen LogP contribution in [0.15, 0.2) is 30.3 Å². The number of benzene rings is 1. The fourth-order valence-electron chi connectivity index (χ4n) is 3.93. The highest BCUT2D eigenvalue weighted by Gasteiger charge is 2.38. The van der Waals surface area contributed by atoms with E-state index < -0.39 is 5.60 Å². The first-order valence-corrected chi connectivity index (χ1v) is 11.7. The molecule has 2 heterocycles. The predicted molar refractivity (Wildman–Crippen MR) is 129 cm³/mol. The van der Waals surface area contributed by atoms with Gasteiger partial charge in [0.15, 0.2) is 0 Å². The zero-order chi connectivity index (χ0) is 22.7. The van der Waals surface area contributed by atoms with Crippen LogP contribution in [-0.4, -0.2) is 71.2 Å². The molecule has 0 saturated carbocycles. The van der Waals surface area contributed by atoms with Crippen molar-refractivity contribution in [2.45, 2.75) is 86.0 Å². The SMILES string of the molecule is CC.CCC.C[C@H]1CN(Cc2ccccc2)C[C@H]2CN(C(=O)OC(C)(C)C)CCN21.F. The molecule has 2 aliphatic heterocycles. The topological polar surface area (TPSA) is 36.0 Å². The second-order valence-corrected chi connectivity index (χ2v) is 9.05. The lowest BCUT2D eigenvalue weighted by Gasteiger charge is -2.50. The van der Waals surface area contributed by atoms with Crippen molar-refractivity contribution in [2.75, 3.05) is 32.7 Å².